The lowest BCUT2D eigenvalue weighted by molar-refractivity contribution is -0.120. The highest BCUT2D eigenvalue weighted by atomic mass is 79.9. The minimum Gasteiger partial charge on any atom is -0.453 e. The van der Waals surface area contributed by atoms with E-state index in [4.69, 9.17) is 0 Å². The van der Waals surface area contributed by atoms with Crippen LogP contribution in [0.1, 0.15) is 17.4 Å². The molecule has 22 heavy (non-hydrogen) atoms. The third-order valence-corrected chi connectivity index (χ3v) is 2.86. The summed E-state index contributed by atoms with van der Waals surface area (Å²) in [7, 11) is 0. The number of aromatic amines is 1. The summed E-state index contributed by atoms with van der Waals surface area (Å²) in [5.74, 6) is -2.60. The molecule has 0 bridgehead atoms. The lowest BCUT2D eigenvalue weighted by atomic mass is 10.3. The second-order valence-corrected chi connectivity index (χ2v) is 5.09. The quantitative estimate of drug-likeness (QED) is 0.645. The third-order valence-electron chi connectivity index (χ3n) is 2.33. The van der Waals surface area contributed by atoms with E-state index in [0.717, 1.165) is 4.47 Å². The summed E-state index contributed by atoms with van der Waals surface area (Å²) in [6.45, 7) is 0.799. The molecule has 2 aromatic rings. The maximum atomic E-state index is 13.6. The topological polar surface area (TPSA) is 96.8 Å². The number of nitrogens with zero attached hydrogens (tertiary/aromatic N) is 3. The minimum absolute atomic E-state index is 0.185. The Bertz CT molecular complexity index is 727. The van der Waals surface area contributed by atoms with E-state index in [2.05, 4.69) is 40.9 Å². The molecule has 0 aliphatic carbocycles. The normalized spacial score (nSPS) is 10.9. The molecule has 9 heteroatoms. The van der Waals surface area contributed by atoms with Crippen LogP contribution in [0.2, 0.25) is 0 Å². The Morgan fingerprint density at radius 3 is 2.64 bits per heavy atom. The number of imidazole rings is 1. The van der Waals surface area contributed by atoms with E-state index in [1.54, 1.807) is 24.3 Å². The van der Waals surface area contributed by atoms with Crippen LogP contribution in [0.15, 0.2) is 39.0 Å². The molecule has 1 heterocycles. The van der Waals surface area contributed by atoms with Crippen molar-refractivity contribution in [1.29, 1.82) is 0 Å². The van der Waals surface area contributed by atoms with Crippen molar-refractivity contribution in [1.82, 2.24) is 9.97 Å². The number of hydrogen-bond donors (Lipinski definition) is 1. The Balaban J connectivity index is 2.10. The number of ketones is 1. The molecule has 2 rings (SSSR count). The van der Waals surface area contributed by atoms with Gasteiger partial charge in [0.2, 0.25) is 17.6 Å². The first-order valence-corrected chi connectivity index (χ1v) is 6.84. The number of ether oxygens (including phenoxy) is 1. The standard InChI is InChI=1S/C13H10BrFN4O3/c1-7(20)6-22-12(21)10-11(15)17-13(16-10)19-18-9-4-2-8(14)3-5-9/h2-5H,6H2,1H3,(H,16,17). The number of azo groups is 1. The second kappa shape index (κ2) is 7.03. The average molecular weight is 369 g/mol. The fourth-order valence-electron chi connectivity index (χ4n) is 1.37. The number of Topliss-reactive ketones (excluding diaryl/α,β-unsaturated/α-hetero) is 1. The van der Waals surface area contributed by atoms with Crippen LogP contribution in [0.3, 0.4) is 0 Å². The number of carbonyl (C=O) groups excluding carboxylic acids is 2. The Morgan fingerprint density at radius 1 is 1.32 bits per heavy atom. The number of esters is 1. The van der Waals surface area contributed by atoms with Crippen LogP contribution < -0.4 is 0 Å². The number of carbonyl (C=O) groups is 2. The van der Waals surface area contributed by atoms with E-state index < -0.39 is 24.2 Å². The van der Waals surface area contributed by atoms with E-state index in [-0.39, 0.29) is 11.7 Å². The monoisotopic (exact) mass is 368 g/mol. The van der Waals surface area contributed by atoms with Gasteiger partial charge in [-0.05, 0) is 31.2 Å². The number of halogens is 2. The Labute approximate surface area is 132 Å². The van der Waals surface area contributed by atoms with Crippen LogP contribution in [-0.2, 0) is 9.53 Å². The summed E-state index contributed by atoms with van der Waals surface area (Å²) in [5.41, 5.74) is -0.0493. The molecule has 0 aliphatic heterocycles. The largest absolute Gasteiger partial charge is 0.453 e. The van der Waals surface area contributed by atoms with Gasteiger partial charge in [0.05, 0.1) is 5.69 Å². The van der Waals surface area contributed by atoms with Gasteiger partial charge in [-0.2, -0.15) is 9.37 Å². The number of rotatable bonds is 5. The predicted octanol–water partition coefficient (Wildman–Crippen LogP) is 3.47. The second-order valence-electron chi connectivity index (χ2n) is 4.18. The van der Waals surface area contributed by atoms with Crippen LogP contribution in [0.25, 0.3) is 0 Å². The van der Waals surface area contributed by atoms with Crippen molar-refractivity contribution in [3.8, 4) is 0 Å². The van der Waals surface area contributed by atoms with Gasteiger partial charge in [0.1, 0.15) is 6.61 Å². The fraction of sp³-hybridized carbons (Fsp3) is 0.154. The number of nitrogens with one attached hydrogen (secondary N) is 1. The van der Waals surface area contributed by atoms with E-state index in [1.165, 1.54) is 6.92 Å². The number of hydrogen-bond acceptors (Lipinski definition) is 6. The molecule has 0 saturated heterocycles. The van der Waals surface area contributed by atoms with Gasteiger partial charge in [-0.25, -0.2) is 4.79 Å². The van der Waals surface area contributed by atoms with Gasteiger partial charge in [-0.3, -0.25) is 9.78 Å². The zero-order valence-electron chi connectivity index (χ0n) is 11.3. The minimum atomic E-state index is -1.05. The van der Waals surface area contributed by atoms with E-state index >= 15 is 0 Å². The molecular weight excluding hydrogens is 359 g/mol. The van der Waals surface area contributed by atoms with Crippen LogP contribution >= 0.6 is 15.9 Å². The van der Waals surface area contributed by atoms with Crippen LogP contribution in [0.4, 0.5) is 16.0 Å². The molecule has 0 atom stereocenters. The van der Waals surface area contributed by atoms with E-state index in [1.807, 2.05) is 0 Å². The summed E-state index contributed by atoms with van der Waals surface area (Å²) in [6.07, 6.45) is 0. The van der Waals surface area contributed by atoms with Crippen LogP contribution in [0.5, 0.6) is 0 Å². The summed E-state index contributed by atoms with van der Waals surface area (Å²) in [5, 5.41) is 7.54. The molecule has 0 radical (unpaired) electrons. The SMILES string of the molecule is CC(=O)COC(=O)c1nc(N=Nc2ccc(Br)cc2)[nH]c1F. The highest BCUT2D eigenvalue weighted by Crippen LogP contribution is 2.20. The molecule has 114 valence electrons. The van der Waals surface area contributed by atoms with Crippen LogP contribution in [-0.4, -0.2) is 28.3 Å². The van der Waals surface area contributed by atoms with Gasteiger partial charge in [0, 0.05) is 4.47 Å². The molecule has 0 unspecified atom stereocenters. The molecule has 7 nitrogen and oxygen atoms in total. The van der Waals surface area contributed by atoms with E-state index in [0.29, 0.717) is 5.69 Å². The van der Waals surface area contributed by atoms with Gasteiger partial charge in [-0.1, -0.05) is 15.9 Å². The Morgan fingerprint density at radius 2 is 2.00 bits per heavy atom. The van der Waals surface area contributed by atoms with Crippen molar-refractivity contribution in [2.75, 3.05) is 6.61 Å². The van der Waals surface area contributed by atoms with Gasteiger partial charge in [0.15, 0.2) is 5.78 Å². The summed E-state index contributed by atoms with van der Waals surface area (Å²) in [4.78, 5) is 28.0. The van der Waals surface area contributed by atoms with Gasteiger partial charge < -0.3 is 4.74 Å². The highest BCUT2D eigenvalue weighted by Gasteiger charge is 2.19. The first-order chi connectivity index (χ1) is 10.5. The van der Waals surface area contributed by atoms with Gasteiger partial charge in [0.25, 0.3) is 0 Å². The molecular formula is C13H10BrFN4O3. The fourth-order valence-corrected chi connectivity index (χ4v) is 1.64. The molecule has 0 amide bonds. The van der Waals surface area contributed by atoms with E-state index in [9.17, 15) is 14.0 Å². The van der Waals surface area contributed by atoms with Gasteiger partial charge in [-0.15, -0.1) is 10.2 Å². The number of H-pyrrole nitrogens is 1. The average Bonchev–Trinajstić information content (AvgIpc) is 2.85. The molecule has 0 saturated carbocycles. The van der Waals surface area contributed by atoms with Crippen molar-refractivity contribution >= 4 is 39.3 Å². The van der Waals surface area contributed by atoms with Crippen LogP contribution in [0, 0.1) is 5.95 Å². The zero-order chi connectivity index (χ0) is 16.1. The number of aromatic nitrogens is 2. The molecule has 0 aliphatic rings. The summed E-state index contributed by atoms with van der Waals surface area (Å²) in [6, 6.07) is 6.91. The summed E-state index contributed by atoms with van der Waals surface area (Å²) < 4.78 is 19.0. The predicted molar refractivity (Wildman–Crippen MR) is 77.8 cm³/mol. The molecule has 0 fully saturated rings. The first-order valence-electron chi connectivity index (χ1n) is 6.05. The lowest BCUT2D eigenvalue weighted by Gasteiger charge is -1.98. The molecule has 1 aromatic heterocycles. The number of benzene rings is 1. The smallest absolute Gasteiger partial charge is 0.362 e. The van der Waals surface area contributed by atoms with Gasteiger partial charge >= 0.3 is 5.97 Å². The molecule has 1 N–H and O–H groups in total. The highest BCUT2D eigenvalue weighted by molar-refractivity contribution is 9.10. The summed E-state index contributed by atoms with van der Waals surface area (Å²) >= 11 is 3.28. The zero-order valence-corrected chi connectivity index (χ0v) is 12.9. The lowest BCUT2D eigenvalue weighted by Crippen LogP contribution is -2.12. The third kappa shape index (κ3) is 4.29. The van der Waals surface area contributed by atoms with Crippen molar-refractivity contribution < 1.29 is 18.7 Å². The van der Waals surface area contributed by atoms with Crippen molar-refractivity contribution in [2.45, 2.75) is 6.92 Å². The maximum Gasteiger partial charge on any atom is 0.362 e. The molecule has 0 spiro atoms. The first kappa shape index (κ1) is 16.0. The van der Waals surface area contributed by atoms with Crippen molar-refractivity contribution in [3.05, 3.63) is 40.4 Å². The van der Waals surface area contributed by atoms with Crippen molar-refractivity contribution in [3.63, 3.8) is 0 Å². The van der Waals surface area contributed by atoms with Crippen molar-refractivity contribution in [2.24, 2.45) is 10.2 Å². The Hall–Kier alpha value is -2.42. The molecule has 1 aromatic carbocycles. The maximum absolute atomic E-state index is 13.6. The Kier molecular flexibility index (Phi) is 5.10.